The molecule has 5 nitrogen and oxygen atoms in total. The van der Waals surface area contributed by atoms with Crippen molar-refractivity contribution in [1.82, 2.24) is 19.9 Å². The van der Waals surface area contributed by atoms with Crippen LogP contribution in [0.2, 0.25) is 0 Å². The zero-order chi connectivity index (χ0) is 14.5. The van der Waals surface area contributed by atoms with Gasteiger partial charge >= 0.3 is 0 Å². The highest BCUT2D eigenvalue weighted by molar-refractivity contribution is 7.13. The molecule has 3 rings (SSSR count). The SMILES string of the molecule is CC(CNCc1csc(-c2ccco2)n1)Cn1ccnc1. The highest BCUT2D eigenvalue weighted by Gasteiger charge is 2.07. The molecule has 0 aliphatic carbocycles. The zero-order valence-electron chi connectivity index (χ0n) is 11.9. The predicted octanol–water partition coefficient (Wildman–Crippen LogP) is 3.03. The number of aromatic nitrogens is 3. The minimum absolute atomic E-state index is 0.544. The molecule has 3 aromatic rings. The van der Waals surface area contributed by atoms with Gasteiger partial charge in [-0.25, -0.2) is 9.97 Å². The number of nitrogens with one attached hydrogen (secondary N) is 1. The molecule has 0 radical (unpaired) electrons. The number of nitrogens with zero attached hydrogens (tertiary/aromatic N) is 3. The largest absolute Gasteiger partial charge is 0.462 e. The van der Waals surface area contributed by atoms with Crippen LogP contribution in [0.3, 0.4) is 0 Å². The maximum atomic E-state index is 5.35. The van der Waals surface area contributed by atoms with Crippen LogP contribution in [0.1, 0.15) is 12.6 Å². The molecule has 110 valence electrons. The van der Waals surface area contributed by atoms with E-state index in [0.29, 0.717) is 5.92 Å². The fraction of sp³-hybridized carbons (Fsp3) is 0.333. The Labute approximate surface area is 127 Å². The van der Waals surface area contributed by atoms with Crippen LogP contribution >= 0.6 is 11.3 Å². The average Bonchev–Trinajstić information content (AvgIpc) is 3.21. The third-order valence-electron chi connectivity index (χ3n) is 3.16. The lowest BCUT2D eigenvalue weighted by molar-refractivity contribution is 0.444. The van der Waals surface area contributed by atoms with Crippen molar-refractivity contribution in [1.29, 1.82) is 0 Å². The summed E-state index contributed by atoms with van der Waals surface area (Å²) in [5, 5.41) is 6.46. The second-order valence-electron chi connectivity index (χ2n) is 5.12. The van der Waals surface area contributed by atoms with Crippen LogP contribution in [0.25, 0.3) is 10.8 Å². The van der Waals surface area contributed by atoms with Gasteiger partial charge in [0.05, 0.1) is 18.3 Å². The van der Waals surface area contributed by atoms with Crippen molar-refractivity contribution in [3.8, 4) is 10.8 Å². The second kappa shape index (κ2) is 6.69. The number of imidazole rings is 1. The molecule has 1 unspecified atom stereocenters. The normalized spacial score (nSPS) is 12.6. The number of furan rings is 1. The molecule has 6 heteroatoms. The molecule has 1 N–H and O–H groups in total. The Bertz CT molecular complexity index is 645. The van der Waals surface area contributed by atoms with Gasteiger partial charge in [-0.1, -0.05) is 6.92 Å². The van der Waals surface area contributed by atoms with E-state index in [1.807, 2.05) is 30.9 Å². The highest BCUT2D eigenvalue weighted by Crippen LogP contribution is 2.23. The Morgan fingerprint density at radius 1 is 1.48 bits per heavy atom. The fourth-order valence-corrected chi connectivity index (χ4v) is 2.95. The van der Waals surface area contributed by atoms with E-state index in [1.165, 1.54) is 0 Å². The quantitative estimate of drug-likeness (QED) is 0.729. The predicted molar refractivity (Wildman–Crippen MR) is 82.9 cm³/mol. The van der Waals surface area contributed by atoms with Gasteiger partial charge in [-0.2, -0.15) is 0 Å². The van der Waals surface area contributed by atoms with E-state index < -0.39 is 0 Å². The first-order valence-electron chi connectivity index (χ1n) is 6.96. The van der Waals surface area contributed by atoms with Crippen LogP contribution < -0.4 is 5.32 Å². The third-order valence-corrected chi connectivity index (χ3v) is 4.07. The molecule has 0 fully saturated rings. The van der Waals surface area contributed by atoms with Gasteiger partial charge in [-0.3, -0.25) is 0 Å². The molecule has 1 atom stereocenters. The molecule has 0 spiro atoms. The first kappa shape index (κ1) is 14.0. The van der Waals surface area contributed by atoms with Crippen molar-refractivity contribution in [3.05, 3.63) is 48.2 Å². The van der Waals surface area contributed by atoms with Gasteiger partial charge in [-0.15, -0.1) is 11.3 Å². The summed E-state index contributed by atoms with van der Waals surface area (Å²) in [5.74, 6) is 1.38. The van der Waals surface area contributed by atoms with Crippen molar-refractivity contribution in [2.24, 2.45) is 5.92 Å². The van der Waals surface area contributed by atoms with E-state index in [9.17, 15) is 0 Å². The monoisotopic (exact) mass is 302 g/mol. The van der Waals surface area contributed by atoms with Crippen molar-refractivity contribution in [2.75, 3.05) is 6.54 Å². The number of hydrogen-bond acceptors (Lipinski definition) is 5. The lowest BCUT2D eigenvalue weighted by atomic mass is 10.2. The van der Waals surface area contributed by atoms with Crippen LogP contribution in [-0.2, 0) is 13.1 Å². The van der Waals surface area contributed by atoms with E-state index in [4.69, 9.17) is 4.42 Å². The molecule has 3 heterocycles. The average molecular weight is 302 g/mol. The van der Waals surface area contributed by atoms with E-state index in [2.05, 4.69) is 32.2 Å². The van der Waals surface area contributed by atoms with Crippen LogP contribution in [0, 0.1) is 5.92 Å². The Morgan fingerprint density at radius 2 is 2.43 bits per heavy atom. The first-order valence-corrected chi connectivity index (χ1v) is 7.84. The smallest absolute Gasteiger partial charge is 0.162 e. The zero-order valence-corrected chi connectivity index (χ0v) is 12.7. The summed E-state index contributed by atoms with van der Waals surface area (Å²) in [7, 11) is 0. The topological polar surface area (TPSA) is 55.9 Å². The molecule has 0 aromatic carbocycles. The lowest BCUT2D eigenvalue weighted by Gasteiger charge is -2.12. The Balaban J connectivity index is 1.45. The summed E-state index contributed by atoms with van der Waals surface area (Å²) in [4.78, 5) is 8.63. The van der Waals surface area contributed by atoms with Crippen LogP contribution in [0.15, 0.2) is 46.9 Å². The summed E-state index contributed by atoms with van der Waals surface area (Å²) in [5.41, 5.74) is 1.06. The van der Waals surface area contributed by atoms with Crippen molar-refractivity contribution >= 4 is 11.3 Å². The van der Waals surface area contributed by atoms with Crippen LogP contribution in [0.4, 0.5) is 0 Å². The van der Waals surface area contributed by atoms with Crippen LogP contribution in [0.5, 0.6) is 0 Å². The maximum Gasteiger partial charge on any atom is 0.162 e. The van der Waals surface area contributed by atoms with Gasteiger partial charge < -0.3 is 14.3 Å². The summed E-state index contributed by atoms with van der Waals surface area (Å²) in [6.45, 7) is 4.93. The van der Waals surface area contributed by atoms with Crippen LogP contribution in [-0.4, -0.2) is 21.1 Å². The lowest BCUT2D eigenvalue weighted by Crippen LogP contribution is -2.23. The van der Waals surface area contributed by atoms with Gasteiger partial charge in [0, 0.05) is 30.9 Å². The molecule has 0 amide bonds. The number of hydrogen-bond donors (Lipinski definition) is 1. The van der Waals surface area contributed by atoms with Crippen molar-refractivity contribution in [2.45, 2.75) is 20.0 Å². The highest BCUT2D eigenvalue weighted by atomic mass is 32.1. The fourth-order valence-electron chi connectivity index (χ4n) is 2.17. The van der Waals surface area contributed by atoms with Gasteiger partial charge in [0.25, 0.3) is 0 Å². The van der Waals surface area contributed by atoms with Gasteiger partial charge in [0.15, 0.2) is 10.8 Å². The molecule has 3 aromatic heterocycles. The molecule has 21 heavy (non-hydrogen) atoms. The third kappa shape index (κ3) is 3.80. The Morgan fingerprint density at radius 3 is 3.19 bits per heavy atom. The molecule has 0 saturated heterocycles. The molecule has 0 saturated carbocycles. The van der Waals surface area contributed by atoms with Gasteiger partial charge in [0.2, 0.25) is 0 Å². The minimum Gasteiger partial charge on any atom is -0.462 e. The summed E-state index contributed by atoms with van der Waals surface area (Å²) in [6, 6.07) is 3.82. The van der Waals surface area contributed by atoms with Crippen molar-refractivity contribution in [3.63, 3.8) is 0 Å². The summed E-state index contributed by atoms with van der Waals surface area (Å²) < 4.78 is 7.45. The van der Waals surface area contributed by atoms with Gasteiger partial charge in [-0.05, 0) is 24.6 Å². The number of thiazole rings is 1. The standard InChI is InChI=1S/C15H18N4OS/c1-12(9-19-5-4-16-11-19)7-17-8-13-10-21-15(18-13)14-3-2-6-20-14/h2-6,10-12,17H,7-9H2,1H3. The Kier molecular flexibility index (Phi) is 4.47. The van der Waals surface area contributed by atoms with E-state index >= 15 is 0 Å². The molecule has 0 aliphatic heterocycles. The number of rotatable bonds is 7. The van der Waals surface area contributed by atoms with E-state index in [-0.39, 0.29) is 0 Å². The molecular formula is C15H18N4OS. The second-order valence-corrected chi connectivity index (χ2v) is 5.97. The van der Waals surface area contributed by atoms with E-state index in [1.54, 1.807) is 17.6 Å². The molecule has 0 bridgehead atoms. The summed E-state index contributed by atoms with van der Waals surface area (Å²) in [6.07, 6.45) is 7.33. The maximum absolute atomic E-state index is 5.35. The summed E-state index contributed by atoms with van der Waals surface area (Å²) >= 11 is 1.61. The Hall–Kier alpha value is -1.92. The minimum atomic E-state index is 0.544. The molecular weight excluding hydrogens is 284 g/mol. The van der Waals surface area contributed by atoms with Gasteiger partial charge in [0.1, 0.15) is 0 Å². The molecule has 0 aliphatic rings. The first-order chi connectivity index (χ1) is 10.3. The van der Waals surface area contributed by atoms with Crippen molar-refractivity contribution < 1.29 is 4.42 Å². The van der Waals surface area contributed by atoms with E-state index in [0.717, 1.165) is 36.1 Å².